The standard InChI is InChI=1S/C55H77N4O5.Mg/c1-13-39-35(8)42-28-44-37(10)41(24-25-48(60)64-27-26-34(7)23-17-22-33(6)21-16-20-32(5)19-15-18-31(3)4)52(58-44)50-51(55(62)63-12)54(61)49-38(11)45(59-53(49)50)30-47-40(14-2)36(9)43(57-47)29-46(39)56-42;/h28-34,37,41,51H,13-27H2,1-12H3,(H-,58,59,61);/q-3;+2/p-1/b43-29-,44-28-,47-30-;/t32-,33-,34?,37+,41+,51-;/m1./s1. The number of allylic oxidation sites excluding steroid dienone is 2. The number of esters is 2. The van der Waals surface area contributed by atoms with Crippen molar-refractivity contribution in [2.45, 2.75) is 166 Å². The molecular formula is C55H76MgN4O5-2. The van der Waals surface area contributed by atoms with Crippen molar-refractivity contribution in [1.82, 2.24) is 15.0 Å². The van der Waals surface area contributed by atoms with Crippen LogP contribution in [0, 0.1) is 62.2 Å². The van der Waals surface area contributed by atoms with Gasteiger partial charge in [-0.25, -0.2) is 0 Å². The summed E-state index contributed by atoms with van der Waals surface area (Å²) in [5.74, 6) is -0.000396. The Hall–Kier alpha value is -3.76. The summed E-state index contributed by atoms with van der Waals surface area (Å²) >= 11 is 0. The van der Waals surface area contributed by atoms with Crippen molar-refractivity contribution < 1.29 is 23.9 Å². The van der Waals surface area contributed by atoms with Crippen LogP contribution in [0.3, 0.4) is 0 Å². The molecule has 9 nitrogen and oxygen atoms in total. The molecule has 0 radical (unpaired) electrons. The first-order valence-corrected chi connectivity index (χ1v) is 24.7. The molecule has 3 aromatic rings. The summed E-state index contributed by atoms with van der Waals surface area (Å²) in [7, 11) is 1.31. The van der Waals surface area contributed by atoms with E-state index in [4.69, 9.17) is 29.7 Å². The minimum absolute atomic E-state index is 0. The summed E-state index contributed by atoms with van der Waals surface area (Å²) in [6.07, 6.45) is 20.8. The number of rotatable bonds is 21. The SMILES string of the molecule is CCc1c2[n-]c(c1C)/C=C1\[N-]/C(=C3\c4[n-]c(c(C)c4C(=O)[C@@H]3C(=O)OC)/C=c3\[n-]/c(c(C)c3CC)=C\2)[C@@H](CCC(=O)OCCC(C)CCC[C@H](C)CCC[C@H](C)CCCC(C)C)[C@@H]1C.[Mg+2]. The molecule has 5 heterocycles. The Balaban J connectivity index is 0.00000793. The van der Waals surface area contributed by atoms with Gasteiger partial charge in [-0.15, -0.1) is 33.5 Å². The van der Waals surface area contributed by atoms with Gasteiger partial charge in [0, 0.05) is 12.0 Å². The van der Waals surface area contributed by atoms with Gasteiger partial charge in [0.15, 0.2) is 5.78 Å². The van der Waals surface area contributed by atoms with Crippen LogP contribution in [-0.2, 0) is 31.9 Å². The summed E-state index contributed by atoms with van der Waals surface area (Å²) in [6.45, 7) is 24.6. The molecule has 6 rings (SSSR count). The molecular weight excluding hydrogens is 821 g/mol. The number of nitrogens with zero attached hydrogens (tertiary/aromatic N) is 4. The number of hydrogen-bond acceptors (Lipinski definition) is 5. The third-order valence-electron chi connectivity index (χ3n) is 14.8. The van der Waals surface area contributed by atoms with Gasteiger partial charge in [-0.1, -0.05) is 165 Å². The monoisotopic (exact) mass is 897 g/mol. The zero-order chi connectivity index (χ0) is 46.4. The summed E-state index contributed by atoms with van der Waals surface area (Å²) < 4.78 is 11.1. The minimum atomic E-state index is -1.20. The van der Waals surface area contributed by atoms with Crippen LogP contribution in [-0.4, -0.2) is 54.5 Å². The van der Waals surface area contributed by atoms with E-state index >= 15 is 0 Å². The number of carbonyl (C=O) groups is 3. The van der Waals surface area contributed by atoms with Gasteiger partial charge >= 0.3 is 35.0 Å². The van der Waals surface area contributed by atoms with Crippen molar-refractivity contribution in [1.29, 1.82) is 0 Å². The number of Topliss-reactive ketones (excluding diaryl/α,β-unsaturated/α-hetero) is 1. The molecule has 1 aliphatic carbocycles. The van der Waals surface area contributed by atoms with Crippen LogP contribution in [0.25, 0.3) is 29.1 Å². The van der Waals surface area contributed by atoms with Crippen molar-refractivity contribution in [3.63, 3.8) is 0 Å². The molecule has 1 fully saturated rings. The first-order chi connectivity index (χ1) is 30.6. The third-order valence-corrected chi connectivity index (χ3v) is 14.8. The fourth-order valence-corrected chi connectivity index (χ4v) is 10.5. The Labute approximate surface area is 406 Å². The molecule has 3 aromatic heterocycles. The number of carbonyl (C=O) groups excluding carboxylic acids is 3. The van der Waals surface area contributed by atoms with Gasteiger partial charge < -0.3 is 29.7 Å². The molecule has 65 heavy (non-hydrogen) atoms. The van der Waals surface area contributed by atoms with Gasteiger partial charge in [0.05, 0.1) is 13.7 Å². The van der Waals surface area contributed by atoms with E-state index in [2.05, 4.69) is 75.3 Å². The normalized spacial score (nSPS) is 22.0. The van der Waals surface area contributed by atoms with Gasteiger partial charge in [-0.3, -0.25) is 14.4 Å². The number of ketones is 1. The van der Waals surface area contributed by atoms with Crippen molar-refractivity contribution >= 4 is 64.6 Å². The number of fused-ring (bicyclic) bond motifs is 7. The molecule has 8 bridgehead atoms. The zero-order valence-electron chi connectivity index (χ0n) is 41.9. The Kier molecular flexibility index (Phi) is 18.7. The fourth-order valence-electron chi connectivity index (χ4n) is 10.5. The zero-order valence-corrected chi connectivity index (χ0v) is 43.3. The van der Waals surface area contributed by atoms with Crippen molar-refractivity contribution in [3.8, 4) is 0 Å². The van der Waals surface area contributed by atoms with Crippen molar-refractivity contribution in [2.24, 2.45) is 41.4 Å². The summed E-state index contributed by atoms with van der Waals surface area (Å²) in [4.78, 5) is 56.8. The quantitative estimate of drug-likeness (QED) is 0.0588. The summed E-state index contributed by atoms with van der Waals surface area (Å²) in [6, 6.07) is 0. The maximum absolute atomic E-state index is 14.4. The Morgan fingerprint density at radius 1 is 0.708 bits per heavy atom. The molecule has 1 saturated heterocycles. The van der Waals surface area contributed by atoms with Crippen LogP contribution in [0.15, 0.2) is 11.4 Å². The molecule has 0 saturated carbocycles. The molecule has 0 amide bonds. The summed E-state index contributed by atoms with van der Waals surface area (Å²) in [5.41, 5.74) is 10.3. The van der Waals surface area contributed by atoms with E-state index in [-0.39, 0.29) is 53.1 Å². The van der Waals surface area contributed by atoms with E-state index in [0.29, 0.717) is 52.7 Å². The van der Waals surface area contributed by atoms with Gasteiger partial charge in [0.1, 0.15) is 5.92 Å². The minimum Gasteiger partial charge on any atom is -0.664 e. The van der Waals surface area contributed by atoms with Crippen LogP contribution in [0.4, 0.5) is 0 Å². The van der Waals surface area contributed by atoms with Crippen LogP contribution in [0.2, 0.25) is 0 Å². The molecule has 350 valence electrons. The smallest absolute Gasteiger partial charge is 0.664 e. The van der Waals surface area contributed by atoms with Gasteiger partial charge in [0.2, 0.25) is 0 Å². The second-order valence-corrected chi connectivity index (χ2v) is 20.1. The molecule has 6 atom stereocenters. The number of aromatic nitrogens is 3. The van der Waals surface area contributed by atoms with E-state index in [1.807, 2.05) is 19.1 Å². The average Bonchev–Trinajstić information content (AvgIpc) is 3.99. The van der Waals surface area contributed by atoms with Gasteiger partial charge in [-0.05, 0) is 82.0 Å². The van der Waals surface area contributed by atoms with E-state index in [1.165, 1.54) is 58.5 Å². The summed E-state index contributed by atoms with van der Waals surface area (Å²) in [5, 5.41) is 6.95. The largest absolute Gasteiger partial charge is 2.00 e. The number of hydrogen-bond donors (Lipinski definition) is 0. The Bertz CT molecular complexity index is 2360. The van der Waals surface area contributed by atoms with Crippen LogP contribution in [0.1, 0.15) is 193 Å². The van der Waals surface area contributed by atoms with Crippen LogP contribution >= 0.6 is 0 Å². The second-order valence-electron chi connectivity index (χ2n) is 20.1. The predicted molar refractivity (Wildman–Crippen MR) is 264 cm³/mol. The number of methoxy groups -OCH3 is 1. The van der Waals surface area contributed by atoms with Crippen LogP contribution in [0.5, 0.6) is 0 Å². The average molecular weight is 898 g/mol. The van der Waals surface area contributed by atoms with E-state index in [9.17, 15) is 14.4 Å². The Morgan fingerprint density at radius 3 is 1.89 bits per heavy atom. The molecule has 0 spiro atoms. The van der Waals surface area contributed by atoms with Gasteiger partial charge in [0.25, 0.3) is 0 Å². The molecule has 10 heteroatoms. The predicted octanol–water partition coefficient (Wildman–Crippen LogP) is 10.4. The molecule has 2 aliphatic heterocycles. The first kappa shape index (κ1) is 52.2. The third kappa shape index (κ3) is 11.9. The van der Waals surface area contributed by atoms with E-state index in [0.717, 1.165) is 93.5 Å². The molecule has 1 unspecified atom stereocenters. The van der Waals surface area contributed by atoms with Crippen LogP contribution < -0.4 is 25.7 Å². The Morgan fingerprint density at radius 2 is 1.29 bits per heavy atom. The van der Waals surface area contributed by atoms with Crippen molar-refractivity contribution in [3.05, 3.63) is 83.6 Å². The second kappa shape index (κ2) is 23.3. The maximum atomic E-state index is 14.4. The fraction of sp³-hybridized carbons (Fsp3) is 0.618. The molecule has 0 N–H and O–H groups in total. The first-order valence-electron chi connectivity index (χ1n) is 24.7. The molecule has 0 aromatic carbocycles. The maximum Gasteiger partial charge on any atom is 2.00 e. The van der Waals surface area contributed by atoms with Gasteiger partial charge in [-0.2, -0.15) is 11.4 Å². The van der Waals surface area contributed by atoms with E-state index < -0.39 is 11.9 Å². The topological polar surface area (TPSA) is 126 Å². The number of ether oxygens (including phenoxy) is 2. The van der Waals surface area contributed by atoms with E-state index in [1.54, 1.807) is 0 Å². The van der Waals surface area contributed by atoms with Crippen molar-refractivity contribution in [2.75, 3.05) is 13.7 Å². The molecule has 3 aliphatic rings.